The lowest BCUT2D eigenvalue weighted by molar-refractivity contribution is -0.121. The molecule has 1 aromatic carbocycles. The fraction of sp³-hybridized carbons (Fsp3) is 0.435. The fourth-order valence-electron chi connectivity index (χ4n) is 2.97. The van der Waals surface area contributed by atoms with Crippen LogP contribution in [0.4, 0.5) is 0 Å². The highest BCUT2D eigenvalue weighted by Crippen LogP contribution is 2.26. The molecule has 0 aliphatic rings. The van der Waals surface area contributed by atoms with Gasteiger partial charge in [-0.25, -0.2) is 0 Å². The number of carbonyl (C=O) groups is 1. The molecule has 0 aliphatic heterocycles. The molecule has 1 atom stereocenters. The molecule has 3 heteroatoms. The molecule has 0 saturated carbocycles. The monoisotopic (exact) mass is 355 g/mol. The van der Waals surface area contributed by atoms with E-state index in [1.165, 1.54) is 16.7 Å². The maximum absolute atomic E-state index is 12.3. The van der Waals surface area contributed by atoms with Gasteiger partial charge in [0.1, 0.15) is 0 Å². The fourth-order valence-corrected chi connectivity index (χ4v) is 2.97. The second-order valence-electron chi connectivity index (χ2n) is 7.49. The van der Waals surface area contributed by atoms with Gasteiger partial charge in [0.05, 0.1) is 19.1 Å². The Labute approximate surface area is 158 Å². The van der Waals surface area contributed by atoms with E-state index in [1.807, 2.05) is 13.8 Å². The van der Waals surface area contributed by atoms with E-state index in [1.54, 1.807) is 0 Å². The number of rotatable bonds is 10. The molecule has 1 unspecified atom stereocenters. The lowest BCUT2D eigenvalue weighted by Gasteiger charge is -2.23. The van der Waals surface area contributed by atoms with Crippen molar-refractivity contribution in [3.63, 3.8) is 0 Å². The van der Waals surface area contributed by atoms with Gasteiger partial charge in [-0.2, -0.15) is 0 Å². The van der Waals surface area contributed by atoms with Gasteiger partial charge >= 0.3 is 0 Å². The van der Waals surface area contributed by atoms with Gasteiger partial charge < -0.3 is 10.4 Å². The molecule has 0 heterocycles. The first-order valence-corrected chi connectivity index (χ1v) is 9.14. The molecular weight excluding hydrogens is 322 g/mol. The summed E-state index contributed by atoms with van der Waals surface area (Å²) in [5.41, 5.74) is 6.27. The van der Waals surface area contributed by atoms with Crippen molar-refractivity contribution in [3.05, 3.63) is 71.3 Å². The number of benzene rings is 1. The Hall–Kier alpha value is -2.13. The minimum atomic E-state index is -0.329. The summed E-state index contributed by atoms with van der Waals surface area (Å²) in [5, 5.41) is 12.7. The van der Waals surface area contributed by atoms with Crippen molar-refractivity contribution in [2.24, 2.45) is 0 Å². The molecule has 0 aliphatic carbocycles. The lowest BCUT2D eigenvalue weighted by Crippen LogP contribution is -2.39. The standard InChI is InChI=1S/C23H33NO2/c1-15(2)11-19-9-8-10-21(17(5)6)22(19)13-20(14-25)24-23(26)12-18(7)16(3)4/h8-10,17,20,25H,1,3,7,11-14H2,2,4-6H3,(H,24,26). The highest BCUT2D eigenvalue weighted by atomic mass is 16.3. The van der Waals surface area contributed by atoms with Gasteiger partial charge in [0.25, 0.3) is 0 Å². The van der Waals surface area contributed by atoms with Crippen LogP contribution in [0, 0.1) is 0 Å². The van der Waals surface area contributed by atoms with E-state index in [0.29, 0.717) is 17.9 Å². The summed E-state index contributed by atoms with van der Waals surface area (Å²) in [4.78, 5) is 12.3. The average molecular weight is 356 g/mol. The van der Waals surface area contributed by atoms with Crippen LogP contribution in [0.25, 0.3) is 0 Å². The third kappa shape index (κ3) is 6.64. The first kappa shape index (κ1) is 21.9. The van der Waals surface area contributed by atoms with Gasteiger partial charge in [-0.1, -0.05) is 62.9 Å². The number of allylic oxidation sites excluding steroid dienone is 2. The van der Waals surface area contributed by atoms with Crippen LogP contribution in [-0.4, -0.2) is 23.7 Å². The molecule has 26 heavy (non-hydrogen) atoms. The van der Waals surface area contributed by atoms with Crippen molar-refractivity contribution in [2.75, 3.05) is 6.61 Å². The molecule has 0 radical (unpaired) electrons. The van der Waals surface area contributed by atoms with Crippen molar-refractivity contribution >= 4 is 5.91 Å². The second kappa shape index (κ2) is 10.1. The highest BCUT2D eigenvalue weighted by Gasteiger charge is 2.18. The third-order valence-electron chi connectivity index (χ3n) is 4.44. The SMILES string of the molecule is C=C(C)Cc1cccc(C(C)C)c1CC(CO)NC(=O)CC(=C)C(=C)C. The van der Waals surface area contributed by atoms with Gasteiger partial charge in [-0.05, 0) is 54.9 Å². The number of carbonyl (C=O) groups excluding carboxylic acids is 1. The Balaban J connectivity index is 3.02. The molecule has 2 N–H and O–H groups in total. The molecule has 1 rings (SSSR count). The largest absolute Gasteiger partial charge is 0.394 e. The Morgan fingerprint density at radius 1 is 1.19 bits per heavy atom. The maximum Gasteiger partial charge on any atom is 0.224 e. The minimum absolute atomic E-state index is 0.107. The van der Waals surface area contributed by atoms with E-state index in [-0.39, 0.29) is 25.0 Å². The molecular formula is C23H33NO2. The zero-order valence-corrected chi connectivity index (χ0v) is 16.7. The van der Waals surface area contributed by atoms with E-state index in [4.69, 9.17) is 0 Å². The summed E-state index contributed by atoms with van der Waals surface area (Å²) in [6, 6.07) is 5.97. The minimum Gasteiger partial charge on any atom is -0.394 e. The molecule has 3 nitrogen and oxygen atoms in total. The topological polar surface area (TPSA) is 49.3 Å². The first-order chi connectivity index (χ1) is 12.1. The summed E-state index contributed by atoms with van der Waals surface area (Å²) < 4.78 is 0. The Morgan fingerprint density at radius 2 is 1.85 bits per heavy atom. The van der Waals surface area contributed by atoms with Crippen LogP contribution < -0.4 is 5.32 Å². The molecule has 1 aromatic rings. The van der Waals surface area contributed by atoms with Crippen molar-refractivity contribution in [2.45, 2.75) is 58.9 Å². The van der Waals surface area contributed by atoms with Gasteiger partial charge in [0.15, 0.2) is 0 Å². The van der Waals surface area contributed by atoms with Crippen molar-refractivity contribution in [1.82, 2.24) is 5.32 Å². The smallest absolute Gasteiger partial charge is 0.224 e. The Bertz CT molecular complexity index is 685. The van der Waals surface area contributed by atoms with E-state index in [2.05, 4.69) is 57.1 Å². The van der Waals surface area contributed by atoms with Crippen molar-refractivity contribution < 1.29 is 9.90 Å². The summed E-state index contributed by atoms with van der Waals surface area (Å²) in [6.07, 6.45) is 1.60. The molecule has 0 saturated heterocycles. The summed E-state index contributed by atoms with van der Waals surface area (Å²) in [7, 11) is 0. The number of amides is 1. The summed E-state index contributed by atoms with van der Waals surface area (Å²) in [5.74, 6) is 0.230. The van der Waals surface area contributed by atoms with Gasteiger partial charge in [0, 0.05) is 0 Å². The summed E-state index contributed by atoms with van der Waals surface area (Å²) >= 11 is 0. The highest BCUT2D eigenvalue weighted by molar-refractivity contribution is 5.79. The van der Waals surface area contributed by atoms with E-state index in [9.17, 15) is 9.90 Å². The van der Waals surface area contributed by atoms with Crippen LogP contribution >= 0.6 is 0 Å². The molecule has 0 aromatic heterocycles. The Kier molecular flexibility index (Phi) is 8.53. The molecule has 0 bridgehead atoms. The first-order valence-electron chi connectivity index (χ1n) is 9.14. The predicted molar refractivity (Wildman–Crippen MR) is 110 cm³/mol. The Morgan fingerprint density at radius 3 is 2.35 bits per heavy atom. The quantitative estimate of drug-likeness (QED) is 0.480. The van der Waals surface area contributed by atoms with Crippen LogP contribution in [0.3, 0.4) is 0 Å². The van der Waals surface area contributed by atoms with E-state index < -0.39 is 0 Å². The number of hydrogen-bond acceptors (Lipinski definition) is 2. The van der Waals surface area contributed by atoms with Gasteiger partial charge in [-0.3, -0.25) is 4.79 Å². The van der Waals surface area contributed by atoms with Crippen LogP contribution in [0.5, 0.6) is 0 Å². The van der Waals surface area contributed by atoms with Crippen LogP contribution in [0.15, 0.2) is 54.7 Å². The number of aliphatic hydroxyl groups is 1. The lowest BCUT2D eigenvalue weighted by atomic mass is 9.87. The van der Waals surface area contributed by atoms with Gasteiger partial charge in [-0.15, -0.1) is 0 Å². The van der Waals surface area contributed by atoms with E-state index in [0.717, 1.165) is 17.6 Å². The maximum atomic E-state index is 12.3. The molecule has 0 spiro atoms. The van der Waals surface area contributed by atoms with E-state index >= 15 is 0 Å². The van der Waals surface area contributed by atoms with Crippen LogP contribution in [-0.2, 0) is 17.6 Å². The molecule has 142 valence electrons. The summed E-state index contributed by atoms with van der Waals surface area (Å²) in [6.45, 7) is 19.8. The average Bonchev–Trinajstić information content (AvgIpc) is 2.54. The third-order valence-corrected chi connectivity index (χ3v) is 4.44. The van der Waals surface area contributed by atoms with Crippen LogP contribution in [0.2, 0.25) is 0 Å². The zero-order chi connectivity index (χ0) is 19.9. The normalized spacial score (nSPS) is 11.9. The number of aliphatic hydroxyl groups excluding tert-OH is 1. The van der Waals surface area contributed by atoms with Crippen LogP contribution in [0.1, 0.15) is 56.7 Å². The molecule has 0 fully saturated rings. The van der Waals surface area contributed by atoms with Crippen molar-refractivity contribution in [1.29, 1.82) is 0 Å². The predicted octanol–water partition coefficient (Wildman–Crippen LogP) is 4.47. The van der Waals surface area contributed by atoms with Gasteiger partial charge in [0.2, 0.25) is 5.91 Å². The second-order valence-corrected chi connectivity index (χ2v) is 7.49. The van der Waals surface area contributed by atoms with Crippen molar-refractivity contribution in [3.8, 4) is 0 Å². The molecule has 1 amide bonds. The number of nitrogens with one attached hydrogen (secondary N) is 1. The zero-order valence-electron chi connectivity index (χ0n) is 16.7. The number of hydrogen-bond donors (Lipinski definition) is 2.